The van der Waals surface area contributed by atoms with Gasteiger partial charge in [-0.25, -0.2) is 4.79 Å². The Morgan fingerprint density at radius 2 is 1.59 bits per heavy atom. The highest BCUT2D eigenvalue weighted by Crippen LogP contribution is 2.22. The zero-order valence-electron chi connectivity index (χ0n) is 21.2. The molecule has 0 atom stereocenters. The van der Waals surface area contributed by atoms with E-state index in [4.69, 9.17) is 10.5 Å². The monoisotopic (exact) mass is 506 g/mol. The van der Waals surface area contributed by atoms with Gasteiger partial charge in [0.25, 0.3) is 11.5 Å². The number of carbonyl (C=O) groups excluding carboxylic acids is 3. The number of amides is 1. The average Bonchev–Trinajstić information content (AvgIpc) is 2.87. The molecule has 0 aliphatic heterocycles. The molecule has 0 aliphatic rings. The van der Waals surface area contributed by atoms with Crippen LogP contribution < -0.4 is 22.3 Å². The minimum atomic E-state index is -0.889. The summed E-state index contributed by atoms with van der Waals surface area (Å²) >= 11 is 0. The van der Waals surface area contributed by atoms with E-state index >= 15 is 0 Å². The molecule has 0 spiro atoms. The van der Waals surface area contributed by atoms with Crippen molar-refractivity contribution in [1.82, 2.24) is 14.5 Å². The first-order chi connectivity index (χ1) is 17.4. The number of nitrogens with one attached hydrogen (secondary N) is 1. The van der Waals surface area contributed by atoms with Gasteiger partial charge in [0.1, 0.15) is 17.9 Å². The van der Waals surface area contributed by atoms with Crippen molar-refractivity contribution >= 4 is 23.5 Å². The summed E-state index contributed by atoms with van der Waals surface area (Å²) in [6.07, 6.45) is 0. The van der Waals surface area contributed by atoms with Crippen LogP contribution in [-0.2, 0) is 28.5 Å². The number of ether oxygens (including phenoxy) is 1. The van der Waals surface area contributed by atoms with E-state index in [-0.39, 0.29) is 17.8 Å². The molecule has 37 heavy (non-hydrogen) atoms. The van der Waals surface area contributed by atoms with Gasteiger partial charge in [0.15, 0.2) is 6.61 Å². The maximum absolute atomic E-state index is 12.8. The maximum atomic E-state index is 12.8. The molecule has 3 aromatic rings. The van der Waals surface area contributed by atoms with E-state index in [9.17, 15) is 24.0 Å². The number of hydrogen-bond donors (Lipinski definition) is 2. The van der Waals surface area contributed by atoms with Gasteiger partial charge in [-0.2, -0.15) is 0 Å². The van der Waals surface area contributed by atoms with Crippen LogP contribution >= 0.6 is 0 Å². The Balaban J connectivity index is 1.65. The number of hydrogen-bond acceptors (Lipinski definition) is 7. The number of nitrogens with two attached hydrogens (primary N) is 1. The van der Waals surface area contributed by atoms with E-state index in [1.165, 1.54) is 7.05 Å². The first-order valence-electron chi connectivity index (χ1n) is 11.6. The van der Waals surface area contributed by atoms with Crippen LogP contribution in [0.4, 0.5) is 5.82 Å². The molecule has 0 unspecified atom stereocenters. The number of benzene rings is 2. The van der Waals surface area contributed by atoms with Crippen molar-refractivity contribution < 1.29 is 19.1 Å². The standard InChI is InChI=1S/C27H30N4O6/c1-27(2,3)19-12-10-18(11-13-19)24(34)29-14-21(33)37-16-20(32)22-23(28)31(26(36)30(4)25(22)35)15-17-8-6-5-7-9-17/h5-13H,14-16,28H2,1-4H3,(H,29,34). The summed E-state index contributed by atoms with van der Waals surface area (Å²) in [6.45, 7) is 4.95. The normalized spacial score (nSPS) is 11.1. The lowest BCUT2D eigenvalue weighted by Gasteiger charge is -2.19. The van der Waals surface area contributed by atoms with Gasteiger partial charge in [0.05, 0.1) is 6.54 Å². The first kappa shape index (κ1) is 27.1. The minimum absolute atomic E-state index is 0.0441. The topological polar surface area (TPSA) is 142 Å². The van der Waals surface area contributed by atoms with Crippen LogP contribution in [0.25, 0.3) is 0 Å². The van der Waals surface area contributed by atoms with Crippen LogP contribution in [0.15, 0.2) is 64.2 Å². The SMILES string of the molecule is Cn1c(=O)c(C(=O)COC(=O)CNC(=O)c2ccc(C(C)(C)C)cc2)c(N)n(Cc2ccccc2)c1=O. The van der Waals surface area contributed by atoms with Crippen molar-refractivity contribution in [2.75, 3.05) is 18.9 Å². The molecule has 2 aromatic carbocycles. The maximum Gasteiger partial charge on any atom is 0.332 e. The lowest BCUT2D eigenvalue weighted by atomic mass is 9.87. The Bertz CT molecular complexity index is 1430. The molecule has 0 fully saturated rings. The zero-order valence-corrected chi connectivity index (χ0v) is 21.2. The minimum Gasteiger partial charge on any atom is -0.456 e. The first-order valence-corrected chi connectivity index (χ1v) is 11.6. The molecule has 194 valence electrons. The lowest BCUT2D eigenvalue weighted by Crippen LogP contribution is -2.43. The molecule has 10 nitrogen and oxygen atoms in total. The van der Waals surface area contributed by atoms with Crippen LogP contribution in [-0.4, -0.2) is 39.9 Å². The van der Waals surface area contributed by atoms with Crippen molar-refractivity contribution in [2.24, 2.45) is 7.05 Å². The predicted molar refractivity (Wildman–Crippen MR) is 139 cm³/mol. The molecule has 3 N–H and O–H groups in total. The van der Waals surface area contributed by atoms with Gasteiger partial charge in [-0.3, -0.25) is 28.3 Å². The van der Waals surface area contributed by atoms with E-state index in [0.29, 0.717) is 5.56 Å². The van der Waals surface area contributed by atoms with Crippen LogP contribution in [0.5, 0.6) is 0 Å². The number of Topliss-reactive ketones (excluding diaryl/α,β-unsaturated/α-hetero) is 1. The van der Waals surface area contributed by atoms with Gasteiger partial charge in [0.2, 0.25) is 5.78 Å². The fourth-order valence-electron chi connectivity index (χ4n) is 3.61. The molecule has 1 aromatic heterocycles. The van der Waals surface area contributed by atoms with Crippen LogP contribution in [0, 0.1) is 0 Å². The third-order valence-electron chi connectivity index (χ3n) is 5.82. The van der Waals surface area contributed by atoms with Gasteiger partial charge in [-0.05, 0) is 28.7 Å². The summed E-state index contributed by atoms with van der Waals surface area (Å²) in [7, 11) is 1.23. The number of esters is 1. The number of anilines is 1. The van der Waals surface area contributed by atoms with Crippen LogP contribution in [0.3, 0.4) is 0 Å². The van der Waals surface area contributed by atoms with E-state index in [2.05, 4.69) is 26.1 Å². The highest BCUT2D eigenvalue weighted by Gasteiger charge is 2.23. The third kappa shape index (κ3) is 6.40. The summed E-state index contributed by atoms with van der Waals surface area (Å²) in [4.78, 5) is 62.4. The molecular weight excluding hydrogens is 476 g/mol. The molecule has 10 heteroatoms. The number of aromatic nitrogens is 2. The average molecular weight is 507 g/mol. The highest BCUT2D eigenvalue weighted by atomic mass is 16.5. The number of carbonyl (C=O) groups is 3. The highest BCUT2D eigenvalue weighted by molar-refractivity contribution is 6.01. The van der Waals surface area contributed by atoms with Crippen molar-refractivity contribution in [3.05, 3.63) is 97.7 Å². The van der Waals surface area contributed by atoms with Gasteiger partial charge in [0, 0.05) is 12.6 Å². The Morgan fingerprint density at radius 1 is 0.973 bits per heavy atom. The zero-order chi connectivity index (χ0) is 27.3. The molecule has 0 saturated heterocycles. The quantitative estimate of drug-likeness (QED) is 0.349. The second kappa shape index (κ2) is 11.1. The number of rotatable bonds is 8. The van der Waals surface area contributed by atoms with Crippen LogP contribution in [0.2, 0.25) is 0 Å². The van der Waals surface area contributed by atoms with Gasteiger partial charge < -0.3 is 15.8 Å². The molecule has 1 heterocycles. The van der Waals surface area contributed by atoms with Gasteiger partial charge in [-0.1, -0.05) is 63.2 Å². The fourth-order valence-corrected chi connectivity index (χ4v) is 3.61. The number of nitrogens with zero attached hydrogens (tertiary/aromatic N) is 2. The number of ketones is 1. The fraction of sp³-hybridized carbons (Fsp3) is 0.296. The Morgan fingerprint density at radius 3 is 2.19 bits per heavy atom. The summed E-state index contributed by atoms with van der Waals surface area (Å²) < 4.78 is 6.84. The van der Waals surface area contributed by atoms with Crippen LogP contribution in [0.1, 0.15) is 52.6 Å². The van der Waals surface area contributed by atoms with E-state index < -0.39 is 47.6 Å². The Kier molecular flexibility index (Phi) is 8.11. The molecule has 1 amide bonds. The molecule has 3 rings (SSSR count). The Hall–Kier alpha value is -4.47. The van der Waals surface area contributed by atoms with Gasteiger partial charge in [-0.15, -0.1) is 0 Å². The predicted octanol–water partition coefficient (Wildman–Crippen LogP) is 1.63. The summed E-state index contributed by atoms with van der Waals surface area (Å²) in [6, 6.07) is 15.9. The summed E-state index contributed by atoms with van der Waals surface area (Å²) in [5, 5.41) is 2.44. The van der Waals surface area contributed by atoms with Crippen molar-refractivity contribution in [1.29, 1.82) is 0 Å². The molecule has 0 bridgehead atoms. The molecular formula is C27H30N4O6. The van der Waals surface area contributed by atoms with Crippen molar-refractivity contribution in [3.63, 3.8) is 0 Å². The second-order valence-electron chi connectivity index (χ2n) is 9.57. The molecule has 0 aliphatic carbocycles. The smallest absolute Gasteiger partial charge is 0.332 e. The third-order valence-corrected chi connectivity index (χ3v) is 5.82. The van der Waals surface area contributed by atoms with Crippen molar-refractivity contribution in [2.45, 2.75) is 32.7 Å². The van der Waals surface area contributed by atoms with E-state index in [0.717, 1.165) is 20.3 Å². The van der Waals surface area contributed by atoms with E-state index in [1.54, 1.807) is 36.4 Å². The van der Waals surface area contributed by atoms with E-state index in [1.807, 2.05) is 18.2 Å². The number of nitrogen functional groups attached to an aromatic ring is 1. The Labute approximate surface area is 213 Å². The van der Waals surface area contributed by atoms with Gasteiger partial charge >= 0.3 is 11.7 Å². The summed E-state index contributed by atoms with van der Waals surface area (Å²) in [5.41, 5.74) is 6.12. The molecule has 0 saturated carbocycles. The second-order valence-corrected chi connectivity index (χ2v) is 9.57. The lowest BCUT2D eigenvalue weighted by molar-refractivity contribution is -0.141. The van der Waals surface area contributed by atoms with Crippen molar-refractivity contribution in [3.8, 4) is 0 Å². The largest absolute Gasteiger partial charge is 0.456 e. The summed E-state index contributed by atoms with van der Waals surface area (Å²) in [5.74, 6) is -2.53. The molecule has 0 radical (unpaired) electrons.